The molecule has 112 valence electrons. The Bertz CT molecular complexity index is 703. The molecule has 2 aromatic rings. The Balaban J connectivity index is 2.18. The average Bonchev–Trinajstić information content (AvgIpc) is 2.80. The predicted molar refractivity (Wildman–Crippen MR) is 81.3 cm³/mol. The monoisotopic (exact) mass is 308 g/mol. The summed E-state index contributed by atoms with van der Waals surface area (Å²) in [5.74, 6) is 0.343. The van der Waals surface area contributed by atoms with Crippen molar-refractivity contribution < 1.29 is 9.53 Å². The van der Waals surface area contributed by atoms with E-state index in [1.807, 2.05) is 6.92 Å². The number of hydrogen-bond acceptors (Lipinski definition) is 3. The second kappa shape index (κ2) is 6.63. The molecule has 0 amide bonds. The van der Waals surface area contributed by atoms with Crippen LogP contribution in [0, 0.1) is 0 Å². The van der Waals surface area contributed by atoms with Crippen molar-refractivity contribution in [2.75, 3.05) is 7.11 Å². The van der Waals surface area contributed by atoms with Gasteiger partial charge >= 0.3 is 5.69 Å². The van der Waals surface area contributed by atoms with Gasteiger partial charge in [0.25, 0.3) is 0 Å². The van der Waals surface area contributed by atoms with Crippen molar-refractivity contribution in [1.29, 1.82) is 0 Å². The van der Waals surface area contributed by atoms with Gasteiger partial charge < -0.3 is 4.74 Å². The van der Waals surface area contributed by atoms with Crippen LogP contribution in [-0.2, 0) is 13.1 Å². The maximum Gasteiger partial charge on any atom is 0.328 e. The van der Waals surface area contributed by atoms with Crippen LogP contribution in [0.15, 0.2) is 35.4 Å². The number of rotatable bonds is 6. The van der Waals surface area contributed by atoms with Crippen LogP contribution in [0.5, 0.6) is 5.75 Å². The van der Waals surface area contributed by atoms with E-state index in [9.17, 15) is 9.59 Å². The molecule has 0 radical (unpaired) electrons. The normalized spacial score (nSPS) is 10.6. The topological polar surface area (TPSA) is 53.2 Å². The molecule has 5 nitrogen and oxygen atoms in total. The first-order valence-electron chi connectivity index (χ1n) is 6.69. The average molecular weight is 309 g/mol. The minimum absolute atomic E-state index is 0.00178. The van der Waals surface area contributed by atoms with Crippen molar-refractivity contribution in [3.05, 3.63) is 51.7 Å². The fourth-order valence-corrected chi connectivity index (χ4v) is 2.33. The Labute approximate surface area is 127 Å². The Morgan fingerprint density at radius 3 is 2.62 bits per heavy atom. The van der Waals surface area contributed by atoms with Crippen LogP contribution >= 0.6 is 11.6 Å². The number of nitrogens with zero attached hydrogens (tertiary/aromatic N) is 2. The number of Topliss-reactive ketones (excluding diaryl/α,β-unsaturated/α-hetero) is 1. The molecule has 0 fully saturated rings. The highest BCUT2D eigenvalue weighted by molar-refractivity contribution is 6.32. The zero-order chi connectivity index (χ0) is 15.4. The summed E-state index contributed by atoms with van der Waals surface area (Å²) in [6.07, 6.45) is 4.19. The molecule has 0 N–H and O–H groups in total. The van der Waals surface area contributed by atoms with Crippen molar-refractivity contribution in [1.82, 2.24) is 9.13 Å². The molecule has 6 heteroatoms. The summed E-state index contributed by atoms with van der Waals surface area (Å²) in [5, 5.41) is 0.374. The molecule has 1 aromatic carbocycles. The van der Waals surface area contributed by atoms with Crippen LogP contribution in [-0.4, -0.2) is 22.0 Å². The van der Waals surface area contributed by atoms with Crippen molar-refractivity contribution in [3.63, 3.8) is 0 Å². The van der Waals surface area contributed by atoms with Gasteiger partial charge in [-0.3, -0.25) is 13.9 Å². The van der Waals surface area contributed by atoms with Crippen LogP contribution in [0.2, 0.25) is 5.02 Å². The number of aromatic nitrogens is 2. The SMILES string of the molecule is CCCn1ccn(CC(=O)c2ccc(OC)c(Cl)c2)c1=O. The quantitative estimate of drug-likeness (QED) is 0.771. The molecule has 21 heavy (non-hydrogen) atoms. The third-order valence-corrected chi connectivity index (χ3v) is 3.47. The molecule has 0 bridgehead atoms. The fourth-order valence-electron chi connectivity index (χ4n) is 2.07. The van der Waals surface area contributed by atoms with Crippen molar-refractivity contribution >= 4 is 17.4 Å². The smallest absolute Gasteiger partial charge is 0.328 e. The number of benzene rings is 1. The van der Waals surface area contributed by atoms with E-state index in [0.717, 1.165) is 6.42 Å². The second-order valence-electron chi connectivity index (χ2n) is 4.67. The van der Waals surface area contributed by atoms with Gasteiger partial charge in [-0.05, 0) is 24.6 Å². The number of ketones is 1. The standard InChI is InChI=1S/C15H17ClN2O3/c1-3-6-17-7-8-18(15(17)20)10-13(19)11-4-5-14(21-2)12(16)9-11/h4-5,7-9H,3,6,10H2,1-2H3. The number of carbonyl (C=O) groups excluding carboxylic acids is 1. The highest BCUT2D eigenvalue weighted by atomic mass is 35.5. The molecule has 1 aromatic heterocycles. The maximum absolute atomic E-state index is 12.2. The molecule has 0 unspecified atom stereocenters. The van der Waals surface area contributed by atoms with Gasteiger partial charge in [0.2, 0.25) is 0 Å². The lowest BCUT2D eigenvalue weighted by Crippen LogP contribution is -2.26. The van der Waals surface area contributed by atoms with E-state index in [2.05, 4.69) is 0 Å². The highest BCUT2D eigenvalue weighted by Crippen LogP contribution is 2.25. The molecule has 0 saturated heterocycles. The molecular formula is C15H17ClN2O3. The van der Waals surface area contributed by atoms with Crippen LogP contribution in [0.3, 0.4) is 0 Å². The van der Waals surface area contributed by atoms with E-state index in [0.29, 0.717) is 22.9 Å². The molecule has 0 spiro atoms. The van der Waals surface area contributed by atoms with Gasteiger partial charge in [0.05, 0.1) is 18.7 Å². The zero-order valence-corrected chi connectivity index (χ0v) is 12.8. The van der Waals surface area contributed by atoms with Crippen molar-refractivity contribution in [2.45, 2.75) is 26.4 Å². The van der Waals surface area contributed by atoms with E-state index in [4.69, 9.17) is 16.3 Å². The summed E-state index contributed by atoms with van der Waals surface area (Å²) < 4.78 is 8.04. The van der Waals surface area contributed by atoms with Gasteiger partial charge in [0.15, 0.2) is 5.78 Å². The summed E-state index contributed by atoms with van der Waals surface area (Å²) in [4.78, 5) is 24.2. The van der Waals surface area contributed by atoms with Gasteiger partial charge in [-0.15, -0.1) is 0 Å². The lowest BCUT2D eigenvalue weighted by Gasteiger charge is -2.06. The molecule has 0 aliphatic carbocycles. The number of aryl methyl sites for hydroxylation is 1. The Morgan fingerprint density at radius 2 is 2.00 bits per heavy atom. The van der Waals surface area contributed by atoms with Crippen LogP contribution in [0.25, 0.3) is 0 Å². The van der Waals surface area contributed by atoms with Crippen LogP contribution in [0.1, 0.15) is 23.7 Å². The summed E-state index contributed by atoms with van der Waals surface area (Å²) in [6, 6.07) is 4.83. The van der Waals surface area contributed by atoms with Crippen molar-refractivity contribution in [2.24, 2.45) is 0 Å². The Morgan fingerprint density at radius 1 is 1.29 bits per heavy atom. The zero-order valence-electron chi connectivity index (χ0n) is 12.0. The van der Waals surface area contributed by atoms with E-state index >= 15 is 0 Å². The van der Waals surface area contributed by atoms with Crippen LogP contribution in [0.4, 0.5) is 0 Å². The third kappa shape index (κ3) is 3.36. The molecular weight excluding hydrogens is 292 g/mol. The molecule has 0 aliphatic rings. The molecule has 0 aliphatic heterocycles. The lowest BCUT2D eigenvalue weighted by atomic mass is 10.1. The molecule has 1 heterocycles. The second-order valence-corrected chi connectivity index (χ2v) is 5.08. The Kier molecular flexibility index (Phi) is 4.85. The number of halogens is 1. The Hall–Kier alpha value is -2.01. The molecule has 0 saturated carbocycles. The fraction of sp³-hybridized carbons (Fsp3) is 0.333. The largest absolute Gasteiger partial charge is 0.495 e. The van der Waals surface area contributed by atoms with E-state index in [1.165, 1.54) is 11.7 Å². The number of methoxy groups -OCH3 is 1. The first kappa shape index (κ1) is 15.4. The van der Waals surface area contributed by atoms with Gasteiger partial charge in [0, 0.05) is 24.5 Å². The van der Waals surface area contributed by atoms with E-state index < -0.39 is 0 Å². The molecule has 2 rings (SSSR count). The molecule has 0 atom stereocenters. The summed E-state index contributed by atoms with van der Waals surface area (Å²) in [6.45, 7) is 2.64. The van der Waals surface area contributed by atoms with Gasteiger partial charge in [-0.25, -0.2) is 4.79 Å². The van der Waals surface area contributed by atoms with E-state index in [1.54, 1.807) is 35.2 Å². The summed E-state index contributed by atoms with van der Waals surface area (Å²) in [5.41, 5.74) is 0.278. The lowest BCUT2D eigenvalue weighted by molar-refractivity contribution is 0.0970. The highest BCUT2D eigenvalue weighted by Gasteiger charge is 2.12. The summed E-state index contributed by atoms with van der Waals surface area (Å²) >= 11 is 6.00. The number of imidazole rings is 1. The third-order valence-electron chi connectivity index (χ3n) is 3.17. The van der Waals surface area contributed by atoms with Crippen molar-refractivity contribution in [3.8, 4) is 5.75 Å². The number of ether oxygens (including phenoxy) is 1. The maximum atomic E-state index is 12.2. The minimum Gasteiger partial charge on any atom is -0.495 e. The van der Waals surface area contributed by atoms with Crippen LogP contribution < -0.4 is 10.4 Å². The number of hydrogen-bond donors (Lipinski definition) is 0. The first-order chi connectivity index (χ1) is 10.1. The van der Waals surface area contributed by atoms with Gasteiger partial charge in [-0.2, -0.15) is 0 Å². The predicted octanol–water partition coefficient (Wildman–Crippen LogP) is 2.60. The van der Waals surface area contributed by atoms with E-state index in [-0.39, 0.29) is 18.0 Å². The van der Waals surface area contributed by atoms with Gasteiger partial charge in [0.1, 0.15) is 5.75 Å². The minimum atomic E-state index is -0.176. The first-order valence-corrected chi connectivity index (χ1v) is 7.07. The summed E-state index contributed by atoms with van der Waals surface area (Å²) in [7, 11) is 1.51. The number of carbonyl (C=O) groups is 1. The van der Waals surface area contributed by atoms with Gasteiger partial charge in [-0.1, -0.05) is 18.5 Å².